The number of nitrogens with one attached hydrogen (secondary N) is 1. The monoisotopic (exact) mass is 359 g/mol. The van der Waals surface area contributed by atoms with Gasteiger partial charge in [-0.15, -0.1) is 0 Å². The molecular weight excluding hydrogens is 337 g/mol. The minimum atomic E-state index is -0.103. The van der Waals surface area contributed by atoms with E-state index in [1.54, 1.807) is 12.1 Å². The van der Waals surface area contributed by atoms with Gasteiger partial charge in [-0.2, -0.15) is 11.8 Å². The summed E-state index contributed by atoms with van der Waals surface area (Å²) in [6.07, 6.45) is 6.43. The molecule has 1 fully saturated rings. The van der Waals surface area contributed by atoms with E-state index in [4.69, 9.17) is 0 Å². The van der Waals surface area contributed by atoms with Crippen molar-refractivity contribution in [3.05, 3.63) is 34.1 Å². The molecule has 0 aliphatic heterocycles. The van der Waals surface area contributed by atoms with Crippen LogP contribution >= 0.6 is 27.7 Å². The number of hydrogen-bond donors (Lipinski definition) is 1. The van der Waals surface area contributed by atoms with Gasteiger partial charge < -0.3 is 5.32 Å². The van der Waals surface area contributed by atoms with Crippen molar-refractivity contribution in [1.29, 1.82) is 0 Å². The highest BCUT2D eigenvalue weighted by Gasteiger charge is 2.20. The van der Waals surface area contributed by atoms with Gasteiger partial charge in [0.25, 0.3) is 0 Å². The van der Waals surface area contributed by atoms with E-state index in [1.165, 1.54) is 25.7 Å². The minimum Gasteiger partial charge on any atom is -0.309 e. The molecule has 0 heterocycles. The van der Waals surface area contributed by atoms with Crippen LogP contribution in [0.2, 0.25) is 0 Å². The van der Waals surface area contributed by atoms with E-state index in [0.717, 1.165) is 34.0 Å². The summed E-state index contributed by atoms with van der Waals surface area (Å²) in [5.74, 6) is 0.853. The molecule has 20 heavy (non-hydrogen) atoms. The summed E-state index contributed by atoms with van der Waals surface area (Å²) >= 11 is 5.46. The van der Waals surface area contributed by atoms with E-state index in [1.807, 2.05) is 17.8 Å². The highest BCUT2D eigenvalue weighted by atomic mass is 79.9. The van der Waals surface area contributed by atoms with E-state index in [-0.39, 0.29) is 11.9 Å². The molecule has 0 radical (unpaired) electrons. The maximum Gasteiger partial charge on any atom is 0.128 e. The first-order valence-corrected chi connectivity index (χ1v) is 9.34. The molecule has 0 spiro atoms. The summed E-state index contributed by atoms with van der Waals surface area (Å²) in [6.45, 7) is 3.08. The van der Waals surface area contributed by atoms with Crippen LogP contribution in [0.1, 0.15) is 50.6 Å². The van der Waals surface area contributed by atoms with Gasteiger partial charge in [-0.25, -0.2) is 4.39 Å². The Bertz CT molecular complexity index is 421. The van der Waals surface area contributed by atoms with E-state index in [0.29, 0.717) is 0 Å². The van der Waals surface area contributed by atoms with Crippen LogP contribution in [0.4, 0.5) is 4.39 Å². The van der Waals surface area contributed by atoms with Crippen LogP contribution in [0.3, 0.4) is 0 Å². The molecule has 2 rings (SSSR count). The number of halogens is 2. The lowest BCUT2D eigenvalue weighted by molar-refractivity contribution is 0.531. The van der Waals surface area contributed by atoms with Gasteiger partial charge in [0.05, 0.1) is 0 Å². The van der Waals surface area contributed by atoms with Gasteiger partial charge >= 0.3 is 0 Å². The van der Waals surface area contributed by atoms with Crippen LogP contribution in [0.5, 0.6) is 0 Å². The molecule has 1 unspecified atom stereocenters. The van der Waals surface area contributed by atoms with Gasteiger partial charge in [0, 0.05) is 27.1 Å². The lowest BCUT2D eigenvalue weighted by Crippen LogP contribution is -2.25. The Morgan fingerprint density at radius 1 is 1.40 bits per heavy atom. The summed E-state index contributed by atoms with van der Waals surface area (Å²) in [5, 5.41) is 4.27. The fourth-order valence-electron chi connectivity index (χ4n) is 2.65. The van der Waals surface area contributed by atoms with Crippen molar-refractivity contribution in [3.63, 3.8) is 0 Å². The molecule has 4 heteroatoms. The second kappa shape index (κ2) is 8.40. The average molecular weight is 360 g/mol. The molecule has 1 atom stereocenters. The summed E-state index contributed by atoms with van der Waals surface area (Å²) in [7, 11) is 0. The molecule has 0 amide bonds. The van der Waals surface area contributed by atoms with Gasteiger partial charge in [-0.05, 0) is 44.0 Å². The van der Waals surface area contributed by atoms with Crippen molar-refractivity contribution in [2.24, 2.45) is 0 Å². The lowest BCUT2D eigenvalue weighted by atomic mass is 10.1. The zero-order chi connectivity index (χ0) is 14.4. The standard InChI is InChI=1S/C16H23BrFNS/c1-2-9-19-16(11-20-13-5-3-4-6-13)14-10-12(17)7-8-15(14)18/h7-8,10,13,16,19H,2-6,9,11H2,1H3. The first kappa shape index (κ1) is 16.3. The first-order valence-electron chi connectivity index (χ1n) is 7.50. The van der Waals surface area contributed by atoms with Crippen LogP contribution in [0.15, 0.2) is 22.7 Å². The third kappa shape index (κ3) is 4.74. The second-order valence-electron chi connectivity index (χ2n) is 5.41. The van der Waals surface area contributed by atoms with E-state index in [2.05, 4.69) is 28.2 Å². The quantitative estimate of drug-likeness (QED) is 0.708. The number of benzene rings is 1. The summed E-state index contributed by atoms with van der Waals surface area (Å²) in [4.78, 5) is 0. The Morgan fingerprint density at radius 3 is 2.85 bits per heavy atom. The third-order valence-corrected chi connectivity index (χ3v) is 5.74. The Morgan fingerprint density at radius 2 is 2.15 bits per heavy atom. The van der Waals surface area contributed by atoms with Crippen molar-refractivity contribution in [1.82, 2.24) is 5.32 Å². The molecule has 1 aromatic rings. The largest absolute Gasteiger partial charge is 0.309 e. The maximum absolute atomic E-state index is 14.1. The van der Waals surface area contributed by atoms with Gasteiger partial charge in [-0.3, -0.25) is 0 Å². The zero-order valence-electron chi connectivity index (χ0n) is 12.0. The first-order chi connectivity index (χ1) is 9.70. The molecule has 0 bridgehead atoms. The van der Waals surface area contributed by atoms with E-state index < -0.39 is 0 Å². The SMILES string of the molecule is CCCNC(CSC1CCCC1)c1cc(Br)ccc1F. The number of thioether (sulfide) groups is 1. The van der Waals surface area contributed by atoms with Crippen LogP contribution in [0, 0.1) is 5.82 Å². The molecular formula is C16H23BrFNS. The highest BCUT2D eigenvalue weighted by molar-refractivity contribution is 9.10. The molecule has 1 aromatic carbocycles. The topological polar surface area (TPSA) is 12.0 Å². The van der Waals surface area contributed by atoms with Crippen molar-refractivity contribution < 1.29 is 4.39 Å². The molecule has 0 aromatic heterocycles. The predicted molar refractivity (Wildman–Crippen MR) is 89.8 cm³/mol. The average Bonchev–Trinajstić information content (AvgIpc) is 2.95. The van der Waals surface area contributed by atoms with Gasteiger partial charge in [0.15, 0.2) is 0 Å². The third-order valence-electron chi connectivity index (χ3n) is 3.77. The van der Waals surface area contributed by atoms with E-state index >= 15 is 0 Å². The second-order valence-corrected chi connectivity index (χ2v) is 7.66. The zero-order valence-corrected chi connectivity index (χ0v) is 14.4. The van der Waals surface area contributed by atoms with Crippen molar-refractivity contribution in [2.45, 2.75) is 50.3 Å². The van der Waals surface area contributed by atoms with Gasteiger partial charge in [0.1, 0.15) is 5.82 Å². The molecule has 1 aliphatic carbocycles. The number of hydrogen-bond acceptors (Lipinski definition) is 2. The van der Waals surface area contributed by atoms with Crippen molar-refractivity contribution >= 4 is 27.7 Å². The van der Waals surface area contributed by atoms with Gasteiger partial charge in [0.2, 0.25) is 0 Å². The van der Waals surface area contributed by atoms with Crippen LogP contribution < -0.4 is 5.32 Å². The summed E-state index contributed by atoms with van der Waals surface area (Å²) in [5.41, 5.74) is 0.790. The van der Waals surface area contributed by atoms with E-state index in [9.17, 15) is 4.39 Å². The van der Waals surface area contributed by atoms with Crippen molar-refractivity contribution in [3.8, 4) is 0 Å². The Labute approximate surface area is 134 Å². The summed E-state index contributed by atoms with van der Waals surface area (Å²) < 4.78 is 15.0. The summed E-state index contributed by atoms with van der Waals surface area (Å²) in [6, 6.07) is 5.34. The van der Waals surface area contributed by atoms with Crippen LogP contribution in [-0.2, 0) is 0 Å². The molecule has 1 aliphatic rings. The molecule has 1 saturated carbocycles. The molecule has 112 valence electrons. The Balaban J connectivity index is 2.02. The smallest absolute Gasteiger partial charge is 0.128 e. The fraction of sp³-hybridized carbons (Fsp3) is 0.625. The predicted octanol–water partition coefficient (Wildman–Crippen LogP) is 5.30. The van der Waals surface area contributed by atoms with Crippen LogP contribution in [-0.4, -0.2) is 17.5 Å². The molecule has 1 N–H and O–H groups in total. The minimum absolute atomic E-state index is 0.103. The van der Waals surface area contributed by atoms with Crippen molar-refractivity contribution in [2.75, 3.05) is 12.3 Å². The molecule has 0 saturated heterocycles. The molecule has 1 nitrogen and oxygen atoms in total. The van der Waals surface area contributed by atoms with Gasteiger partial charge in [-0.1, -0.05) is 35.7 Å². The highest BCUT2D eigenvalue weighted by Crippen LogP contribution is 2.33. The normalized spacial score (nSPS) is 17.6. The fourth-order valence-corrected chi connectivity index (χ4v) is 4.45. The lowest BCUT2D eigenvalue weighted by Gasteiger charge is -2.21. The Hall–Kier alpha value is -0.0600. The maximum atomic E-state index is 14.1. The number of rotatable bonds is 7. The Kier molecular flexibility index (Phi) is 6.85. The van der Waals surface area contributed by atoms with Crippen LogP contribution in [0.25, 0.3) is 0 Å².